The summed E-state index contributed by atoms with van der Waals surface area (Å²) in [5.74, 6) is 18.5. The lowest BCUT2D eigenvalue weighted by Crippen LogP contribution is -2.39. The van der Waals surface area contributed by atoms with E-state index in [2.05, 4.69) is 75.4 Å². The summed E-state index contributed by atoms with van der Waals surface area (Å²) in [4.78, 5) is 148. The van der Waals surface area contributed by atoms with Gasteiger partial charge >= 0.3 is 35.3 Å². The van der Waals surface area contributed by atoms with Gasteiger partial charge in [-0.15, -0.1) is 0 Å². The number of imidazole rings is 3. The molecule has 0 saturated heterocycles. The number of nitrogens with zero attached hydrogens (tertiary/aromatic N) is 14. The van der Waals surface area contributed by atoms with Crippen LogP contribution in [0.25, 0.3) is 33.5 Å². The molecule has 15 rings (SSSR count). The van der Waals surface area contributed by atoms with E-state index in [1.165, 1.54) is 71.3 Å². The fraction of sp³-hybridized carbons (Fsp3) is 0.394. The number of pyridine rings is 2. The number of carbonyl (C=O) groups is 3. The first-order chi connectivity index (χ1) is 46.4. The normalized spacial score (nSPS) is 15.4. The van der Waals surface area contributed by atoms with Crippen molar-refractivity contribution in [3.8, 4) is 52.8 Å². The van der Waals surface area contributed by atoms with Crippen LogP contribution in [0, 0.1) is 41.3 Å². The first-order valence-corrected chi connectivity index (χ1v) is 31.6. The number of aromatic nitrogens is 14. The van der Waals surface area contributed by atoms with E-state index < -0.39 is 24.1 Å². The summed E-state index contributed by atoms with van der Waals surface area (Å²) in [6, 6.07) is 11.6. The second-order valence-electron chi connectivity index (χ2n) is 24.5. The van der Waals surface area contributed by atoms with E-state index in [0.717, 1.165) is 77.0 Å². The Morgan fingerprint density at radius 2 is 0.833 bits per heavy atom. The van der Waals surface area contributed by atoms with E-state index in [1.807, 2.05) is 13.8 Å². The van der Waals surface area contributed by atoms with Gasteiger partial charge < -0.3 is 29.2 Å². The third kappa shape index (κ3) is 13.9. The van der Waals surface area contributed by atoms with E-state index in [1.54, 1.807) is 58.3 Å². The maximum absolute atomic E-state index is 13.1. The first-order valence-electron chi connectivity index (χ1n) is 31.6. The minimum Gasteiger partial charge on any atom is -0.410 e. The number of hydrogen-bond acceptors (Lipinski definition) is 17. The third-order valence-corrected chi connectivity index (χ3v) is 16.4. The maximum Gasteiger partial charge on any atom is 0.416 e. The van der Waals surface area contributed by atoms with Crippen LogP contribution in [0.5, 0.6) is 17.2 Å². The van der Waals surface area contributed by atoms with Crippen LogP contribution in [0.3, 0.4) is 0 Å². The van der Waals surface area contributed by atoms with Crippen LogP contribution < -0.4 is 48.0 Å². The topological polar surface area (TPSA) is 332 Å². The van der Waals surface area contributed by atoms with E-state index in [-0.39, 0.29) is 124 Å². The Labute approximate surface area is 543 Å². The summed E-state index contributed by atoms with van der Waals surface area (Å²) >= 11 is 0. The number of nitrogens with one attached hydrogen (secondary N) is 3. The molecular formula is C66H64FN17O12. The van der Waals surface area contributed by atoms with Gasteiger partial charge in [-0.1, -0.05) is 17.8 Å². The molecule has 0 radical (unpaired) electrons. The lowest BCUT2D eigenvalue weighted by atomic mass is 10.3. The van der Waals surface area contributed by atoms with E-state index in [0.29, 0.717) is 39.5 Å². The lowest BCUT2D eigenvalue weighted by molar-refractivity contribution is 0.146. The Bertz CT molecular complexity index is 4910. The molecule has 6 aliphatic carbocycles. The molecule has 0 unspecified atom stereocenters. The predicted molar refractivity (Wildman–Crippen MR) is 344 cm³/mol. The average Bonchev–Trinajstić information content (AvgIpc) is 1.66. The minimum absolute atomic E-state index is 0.0210. The number of hydrogen-bond donors (Lipinski definition) is 3. The minimum atomic E-state index is -0.615. The smallest absolute Gasteiger partial charge is 0.410 e. The van der Waals surface area contributed by atoms with Crippen molar-refractivity contribution < 1.29 is 33.0 Å². The predicted octanol–water partition coefficient (Wildman–Crippen LogP) is 5.82. The molecule has 9 aromatic rings. The second kappa shape index (κ2) is 26.4. The highest BCUT2D eigenvalue weighted by molar-refractivity contribution is 5.75. The van der Waals surface area contributed by atoms with Gasteiger partial charge in [0.25, 0.3) is 16.7 Å². The quantitative estimate of drug-likeness (QED) is 0.114. The van der Waals surface area contributed by atoms with E-state index in [9.17, 15) is 47.5 Å². The zero-order valence-electron chi connectivity index (χ0n) is 52.6. The van der Waals surface area contributed by atoms with Crippen molar-refractivity contribution in [1.29, 1.82) is 0 Å². The van der Waals surface area contributed by atoms with Gasteiger partial charge in [0.2, 0.25) is 0 Å². The lowest BCUT2D eigenvalue weighted by Gasteiger charge is -2.23. The van der Waals surface area contributed by atoms with Crippen LogP contribution in [0.2, 0.25) is 0 Å². The average molecular weight is 1310 g/mol. The first kappa shape index (κ1) is 63.2. The molecule has 6 aliphatic rings. The van der Waals surface area contributed by atoms with Crippen molar-refractivity contribution in [2.75, 3.05) is 33.7 Å². The number of benzene rings is 1. The Morgan fingerprint density at radius 1 is 0.479 bits per heavy atom. The van der Waals surface area contributed by atoms with Crippen LogP contribution in [-0.4, -0.2) is 140 Å². The maximum atomic E-state index is 13.1. The molecule has 6 fully saturated rings. The zero-order valence-corrected chi connectivity index (χ0v) is 52.6. The van der Waals surface area contributed by atoms with Crippen LogP contribution in [0.15, 0.2) is 102 Å². The van der Waals surface area contributed by atoms with Crippen LogP contribution in [-0.2, 0) is 0 Å². The largest absolute Gasteiger partial charge is 0.416 e. The number of rotatable bonds is 13. The number of halogens is 1. The van der Waals surface area contributed by atoms with E-state index in [4.69, 9.17) is 14.2 Å². The zero-order chi connectivity index (χ0) is 67.1. The molecule has 0 aliphatic heterocycles. The summed E-state index contributed by atoms with van der Waals surface area (Å²) in [6.45, 7) is 3.89. The Kier molecular flexibility index (Phi) is 17.4. The summed E-state index contributed by atoms with van der Waals surface area (Å²) in [5.41, 5.74) is -0.0371. The van der Waals surface area contributed by atoms with Crippen LogP contribution >= 0.6 is 0 Å². The molecule has 29 nitrogen and oxygen atoms in total. The van der Waals surface area contributed by atoms with Crippen molar-refractivity contribution in [2.24, 2.45) is 0 Å². The fourth-order valence-corrected chi connectivity index (χ4v) is 10.5. The molecule has 6 saturated carbocycles. The van der Waals surface area contributed by atoms with Gasteiger partial charge in [-0.25, -0.2) is 48.1 Å². The number of fused-ring (bicyclic) bond motifs is 3. The number of ether oxygens (including phenoxy) is 3. The number of aromatic amines is 3. The van der Waals surface area contributed by atoms with E-state index >= 15 is 0 Å². The summed E-state index contributed by atoms with van der Waals surface area (Å²) in [6.07, 6.45) is 14.7. The standard InChI is InChI=1S/C24H24FN5O4.2C21H20N6O4/c1-14(2)28(24(33)34-18-11-5-15(25)6-12-18)13-3-4-19-26-20-21(27-19)29(16-7-8-16)23(32)30(22(20)31)17-9-10-17;1-25(21(30)31-15-4-2-10-22-12-15)11-3-5-16-23-17-18(24-16)26(13-6-7-13)20(29)27(19(17)28)14-8-9-14;1-25(21(30)31-15-8-10-22-11-9-15)12-2-3-16-23-17-18(24-16)26(13-4-5-13)20(29)27(19(17)28)14-6-7-14/h5-6,11-12,14,16-17H,7-10,13H2,1-2H3,(H,26,27);2,4,10,12-14H,6-9,11H2,1H3,(H,23,24);8-11,13-14H,4-7,12H2,1H3,(H,23,24). The van der Waals surface area contributed by atoms with Crippen molar-refractivity contribution >= 4 is 51.8 Å². The second-order valence-corrected chi connectivity index (χ2v) is 24.5. The van der Waals surface area contributed by atoms with Gasteiger partial charge in [0.1, 0.15) is 17.3 Å². The van der Waals surface area contributed by atoms with Crippen molar-refractivity contribution in [2.45, 2.75) is 133 Å². The Morgan fingerprint density at radius 3 is 1.20 bits per heavy atom. The molecule has 0 atom stereocenters. The molecule has 96 heavy (non-hydrogen) atoms. The molecule has 8 heterocycles. The fourth-order valence-electron chi connectivity index (χ4n) is 10.5. The molecule has 0 bridgehead atoms. The van der Waals surface area contributed by atoms with Gasteiger partial charge in [-0.2, -0.15) is 0 Å². The van der Waals surface area contributed by atoms with Crippen LogP contribution in [0.4, 0.5) is 18.8 Å². The number of amides is 3. The Balaban J connectivity index is 0.000000130. The molecule has 30 heteroatoms. The highest BCUT2D eigenvalue weighted by Gasteiger charge is 2.38. The molecule has 8 aromatic heterocycles. The molecular weight excluding hydrogens is 1240 g/mol. The summed E-state index contributed by atoms with van der Waals surface area (Å²) in [5, 5.41) is 0. The summed E-state index contributed by atoms with van der Waals surface area (Å²) in [7, 11) is 3.13. The highest BCUT2D eigenvalue weighted by atomic mass is 19.1. The SMILES string of the molecule is CC(C)N(CC#Cc1nc2c([nH]1)c(=O)n(C1CC1)c(=O)n2C1CC1)C(=O)Oc1ccc(F)cc1.CN(CC#Cc1nc2c([nH]1)c(=O)n(C1CC1)c(=O)n2C1CC1)C(=O)Oc1cccnc1.CN(CC#Cc1nc2c([nH]1)c(=O)n(C1CC1)c(=O)n2C1CC1)C(=O)Oc1ccncc1. The van der Waals surface area contributed by atoms with Crippen LogP contribution in [0.1, 0.15) is 145 Å². The molecule has 3 N–H and O–H groups in total. The number of carbonyl (C=O) groups excluding carboxylic acids is 3. The molecule has 3 amide bonds. The molecule has 0 spiro atoms. The Hall–Kier alpha value is -11.6. The van der Waals surface area contributed by atoms with Crippen molar-refractivity contribution in [1.82, 2.24) is 82.0 Å². The molecule has 492 valence electrons. The van der Waals surface area contributed by atoms with Gasteiger partial charge in [-0.3, -0.25) is 66.5 Å². The van der Waals surface area contributed by atoms with Crippen molar-refractivity contribution in [3.63, 3.8) is 0 Å². The van der Waals surface area contributed by atoms with Gasteiger partial charge in [0.05, 0.1) is 25.8 Å². The summed E-state index contributed by atoms with van der Waals surface area (Å²) < 4.78 is 37.7. The molecule has 1 aromatic carbocycles. The third-order valence-electron chi connectivity index (χ3n) is 16.4. The van der Waals surface area contributed by atoms with Gasteiger partial charge in [-0.05, 0) is 157 Å². The van der Waals surface area contributed by atoms with Gasteiger partial charge in [0, 0.05) is 75.0 Å². The van der Waals surface area contributed by atoms with Crippen molar-refractivity contribution in [3.05, 3.63) is 159 Å². The highest BCUT2D eigenvalue weighted by Crippen LogP contribution is 2.39. The van der Waals surface area contributed by atoms with Gasteiger partial charge in [0.15, 0.2) is 56.7 Å². The monoisotopic (exact) mass is 1310 g/mol. The number of H-pyrrole nitrogens is 3.